The molecule has 0 bridgehead atoms. The summed E-state index contributed by atoms with van der Waals surface area (Å²) in [6.45, 7) is 3.61. The highest BCUT2D eigenvalue weighted by atomic mass is 79.9. The predicted octanol–water partition coefficient (Wildman–Crippen LogP) is 8.44. The third-order valence-corrected chi connectivity index (χ3v) is 7.03. The number of esters is 2. The zero-order valence-corrected chi connectivity index (χ0v) is 30.2. The summed E-state index contributed by atoms with van der Waals surface area (Å²) in [6.07, 6.45) is 2.39. The molecule has 2 aromatic carbocycles. The van der Waals surface area contributed by atoms with E-state index in [1.807, 2.05) is 0 Å². The number of nitrogens with zero attached hydrogens (tertiary/aromatic N) is 3. The van der Waals surface area contributed by atoms with Crippen molar-refractivity contribution in [3.8, 4) is 34.8 Å². The van der Waals surface area contributed by atoms with Gasteiger partial charge in [0.15, 0.2) is 5.75 Å². The second kappa shape index (κ2) is 17.7. The Morgan fingerprint density at radius 2 is 1.23 bits per heavy atom. The number of hydrogen-bond acceptors (Lipinski definition) is 13. The zero-order chi connectivity index (χ0) is 35.5. The molecule has 4 aromatic rings. The minimum atomic E-state index is -0.808. The molecule has 0 radical (unpaired) electrons. The molecular weight excluding hydrogens is 807 g/mol. The molecule has 0 atom stereocenters. The van der Waals surface area contributed by atoms with E-state index in [9.17, 15) is 19.7 Å². The second-order valence-corrected chi connectivity index (χ2v) is 11.6. The number of nitro groups is 1. The summed E-state index contributed by atoms with van der Waals surface area (Å²) >= 11 is 18.5. The van der Waals surface area contributed by atoms with Crippen LogP contribution in [0.25, 0.3) is 0 Å². The van der Waals surface area contributed by atoms with Gasteiger partial charge in [-0.15, -0.1) is 0 Å². The molecule has 0 saturated heterocycles. The number of carbonyl (C=O) groups excluding carboxylic acids is 2. The Bertz CT molecular complexity index is 1790. The SMILES string of the molecule is CCOC(=O)c1cnc(OC)c(N)c1Oc1cc(Cl)cc(Br)c1.CCOC(=O)c1cnc(OC)c([N+](=O)[O-])c1Oc1cc(Cl)cc(Br)c1. The van der Waals surface area contributed by atoms with Crippen LogP contribution in [0.3, 0.4) is 0 Å². The Balaban J connectivity index is 0.000000261. The number of aromatic nitrogens is 2. The molecule has 254 valence electrons. The Morgan fingerprint density at radius 3 is 1.65 bits per heavy atom. The van der Waals surface area contributed by atoms with Crippen molar-refractivity contribution in [2.24, 2.45) is 0 Å². The van der Waals surface area contributed by atoms with Crippen molar-refractivity contribution in [2.75, 3.05) is 33.2 Å². The molecule has 2 heterocycles. The van der Waals surface area contributed by atoms with Gasteiger partial charge >= 0.3 is 17.6 Å². The van der Waals surface area contributed by atoms with E-state index >= 15 is 0 Å². The molecule has 0 aliphatic carbocycles. The first kappa shape index (κ1) is 38.1. The normalized spacial score (nSPS) is 10.2. The lowest BCUT2D eigenvalue weighted by Crippen LogP contribution is -2.10. The monoisotopic (exact) mass is 830 g/mol. The lowest BCUT2D eigenvalue weighted by Gasteiger charge is -2.14. The quantitative estimate of drug-likeness (QED) is 0.0863. The zero-order valence-electron chi connectivity index (χ0n) is 25.5. The van der Waals surface area contributed by atoms with E-state index in [1.54, 1.807) is 38.1 Å². The van der Waals surface area contributed by atoms with E-state index in [1.165, 1.54) is 32.5 Å². The number of methoxy groups -OCH3 is 2. The minimum absolute atomic E-state index is 0.0841. The van der Waals surface area contributed by atoms with Gasteiger partial charge in [-0.05, 0) is 50.2 Å². The number of benzene rings is 2. The van der Waals surface area contributed by atoms with Gasteiger partial charge in [-0.2, -0.15) is 0 Å². The Morgan fingerprint density at radius 1 is 0.792 bits per heavy atom. The topological polar surface area (TPSA) is 184 Å². The van der Waals surface area contributed by atoms with Crippen molar-refractivity contribution >= 4 is 78.4 Å². The number of ether oxygens (including phenoxy) is 6. The van der Waals surface area contributed by atoms with Crippen LogP contribution in [0.15, 0.2) is 57.7 Å². The fourth-order valence-corrected chi connectivity index (χ4v) is 5.42. The van der Waals surface area contributed by atoms with Crippen LogP contribution in [0, 0.1) is 10.1 Å². The molecule has 0 aliphatic rings. The van der Waals surface area contributed by atoms with Gasteiger partial charge < -0.3 is 34.2 Å². The first-order chi connectivity index (χ1) is 22.8. The van der Waals surface area contributed by atoms with E-state index in [2.05, 4.69) is 41.8 Å². The number of pyridine rings is 2. The van der Waals surface area contributed by atoms with E-state index < -0.39 is 22.5 Å². The van der Waals surface area contributed by atoms with Gasteiger partial charge in [0, 0.05) is 31.4 Å². The average molecular weight is 833 g/mol. The second-order valence-electron chi connectivity index (χ2n) is 8.90. The van der Waals surface area contributed by atoms with Crippen LogP contribution >= 0.6 is 55.1 Å². The van der Waals surface area contributed by atoms with Gasteiger partial charge in [0.05, 0.1) is 32.4 Å². The van der Waals surface area contributed by atoms with Gasteiger partial charge in [0.2, 0.25) is 11.6 Å². The van der Waals surface area contributed by atoms with Crippen LogP contribution in [-0.4, -0.2) is 54.3 Å². The van der Waals surface area contributed by atoms with Crippen molar-refractivity contribution in [2.45, 2.75) is 13.8 Å². The van der Waals surface area contributed by atoms with Crippen molar-refractivity contribution in [1.29, 1.82) is 0 Å². The molecule has 0 fully saturated rings. The summed E-state index contributed by atoms with van der Waals surface area (Å²) in [5.41, 5.74) is 5.38. The molecule has 2 N–H and O–H groups in total. The lowest BCUT2D eigenvalue weighted by molar-refractivity contribution is -0.386. The van der Waals surface area contributed by atoms with Gasteiger partial charge in [-0.25, -0.2) is 19.6 Å². The highest BCUT2D eigenvalue weighted by molar-refractivity contribution is 9.10. The highest BCUT2D eigenvalue weighted by Gasteiger charge is 2.31. The average Bonchev–Trinajstić information content (AvgIpc) is 3.01. The van der Waals surface area contributed by atoms with Crippen LogP contribution in [0.5, 0.6) is 34.8 Å². The van der Waals surface area contributed by atoms with Crippen molar-refractivity contribution in [3.63, 3.8) is 0 Å². The van der Waals surface area contributed by atoms with E-state index in [0.717, 1.165) is 10.7 Å². The Kier molecular flexibility index (Phi) is 14.0. The summed E-state index contributed by atoms with van der Waals surface area (Å²) in [7, 11) is 2.64. The van der Waals surface area contributed by atoms with E-state index in [0.29, 0.717) is 20.3 Å². The van der Waals surface area contributed by atoms with E-state index in [4.69, 9.17) is 57.4 Å². The highest BCUT2D eigenvalue weighted by Crippen LogP contribution is 2.42. The number of rotatable bonds is 11. The summed E-state index contributed by atoms with van der Waals surface area (Å²) in [5, 5.41) is 12.3. The number of halogens is 4. The summed E-state index contributed by atoms with van der Waals surface area (Å²) in [4.78, 5) is 42.7. The van der Waals surface area contributed by atoms with Crippen LogP contribution in [0.2, 0.25) is 10.0 Å². The van der Waals surface area contributed by atoms with Crippen LogP contribution in [-0.2, 0) is 9.47 Å². The minimum Gasteiger partial charge on any atom is -0.479 e. The number of hydrogen-bond donors (Lipinski definition) is 1. The third-order valence-electron chi connectivity index (χ3n) is 5.68. The Labute approximate surface area is 300 Å². The number of nitrogen functional groups attached to an aromatic ring is 1. The first-order valence-electron chi connectivity index (χ1n) is 13.5. The third kappa shape index (κ3) is 9.82. The fraction of sp³-hybridized carbons (Fsp3) is 0.200. The van der Waals surface area contributed by atoms with Crippen LogP contribution < -0.4 is 24.7 Å². The molecule has 18 heteroatoms. The number of anilines is 1. The lowest BCUT2D eigenvalue weighted by atomic mass is 10.2. The largest absolute Gasteiger partial charge is 0.479 e. The Hall–Kier alpha value is -4.38. The van der Waals surface area contributed by atoms with Crippen LogP contribution in [0.4, 0.5) is 11.4 Å². The summed E-state index contributed by atoms with van der Waals surface area (Å²) < 4.78 is 32.5. The van der Waals surface area contributed by atoms with Crippen molar-refractivity contribution < 1.29 is 42.9 Å². The van der Waals surface area contributed by atoms with Crippen molar-refractivity contribution in [1.82, 2.24) is 9.97 Å². The molecule has 48 heavy (non-hydrogen) atoms. The van der Waals surface area contributed by atoms with Gasteiger partial charge in [-0.1, -0.05) is 55.1 Å². The molecule has 0 amide bonds. The maximum Gasteiger partial charge on any atom is 0.373 e. The van der Waals surface area contributed by atoms with E-state index in [-0.39, 0.29) is 59.0 Å². The van der Waals surface area contributed by atoms with Gasteiger partial charge in [-0.3, -0.25) is 10.1 Å². The summed E-state index contributed by atoms with van der Waals surface area (Å²) in [5.74, 6) is -1.21. The predicted molar refractivity (Wildman–Crippen MR) is 183 cm³/mol. The van der Waals surface area contributed by atoms with Crippen LogP contribution in [0.1, 0.15) is 34.6 Å². The maximum absolute atomic E-state index is 12.1. The molecular formula is C30H26Br2Cl2N4O10. The number of carbonyl (C=O) groups is 2. The van der Waals surface area contributed by atoms with Gasteiger partial charge in [0.25, 0.3) is 5.88 Å². The molecule has 2 aromatic heterocycles. The molecule has 0 spiro atoms. The maximum atomic E-state index is 12.1. The molecule has 0 aliphatic heterocycles. The van der Waals surface area contributed by atoms with Gasteiger partial charge in [0.1, 0.15) is 28.3 Å². The first-order valence-corrected chi connectivity index (χ1v) is 15.8. The molecule has 0 saturated carbocycles. The molecule has 0 unspecified atom stereocenters. The smallest absolute Gasteiger partial charge is 0.373 e. The standard InChI is InChI=1S/C15H12BrClN2O6.C15H14BrClN2O4/c1-3-24-15(20)11-7-18-14(23-2)12(19(21)22)13(11)25-10-5-8(16)4-9(17)6-10;1-3-22-15(20)11-7-19-14(21-2)12(18)13(11)23-10-5-8(16)4-9(17)6-10/h4-7H,3H2,1-2H3;4-7H,3,18H2,1-2H3. The fourth-order valence-electron chi connectivity index (χ4n) is 3.77. The molecule has 14 nitrogen and oxygen atoms in total. The van der Waals surface area contributed by atoms with Crippen molar-refractivity contribution in [3.05, 3.63) is 89.0 Å². The molecule has 4 rings (SSSR count). The number of nitrogens with two attached hydrogens (primary N) is 1. The summed E-state index contributed by atoms with van der Waals surface area (Å²) in [6, 6.07) is 9.58.